The van der Waals surface area contributed by atoms with E-state index in [1.54, 1.807) is 12.1 Å². The number of hydrogen-bond acceptors (Lipinski definition) is 5. The summed E-state index contributed by atoms with van der Waals surface area (Å²) in [5.41, 5.74) is 0. The minimum absolute atomic E-state index is 0.126. The van der Waals surface area contributed by atoms with Crippen LogP contribution in [0.25, 0.3) is 0 Å². The third-order valence-electron chi connectivity index (χ3n) is 3.24. The van der Waals surface area contributed by atoms with Crippen molar-refractivity contribution in [1.29, 1.82) is 0 Å². The van der Waals surface area contributed by atoms with Crippen molar-refractivity contribution < 1.29 is 17.9 Å². The molecule has 0 saturated heterocycles. The Morgan fingerprint density at radius 2 is 1.78 bits per heavy atom. The predicted octanol–water partition coefficient (Wildman–Crippen LogP) is 0.384. The van der Waals surface area contributed by atoms with Gasteiger partial charge in [-0.1, -0.05) is 0 Å². The van der Waals surface area contributed by atoms with Crippen LogP contribution in [-0.4, -0.2) is 71.4 Å². The molecule has 0 heterocycles. The van der Waals surface area contributed by atoms with E-state index in [0.29, 0.717) is 12.3 Å². The number of carbonyl (C=O) groups is 1. The molecule has 0 unspecified atom stereocenters. The lowest BCUT2D eigenvalue weighted by atomic mass is 10.3. The van der Waals surface area contributed by atoms with E-state index in [1.165, 1.54) is 26.3 Å². The van der Waals surface area contributed by atoms with Gasteiger partial charge in [-0.05, 0) is 51.3 Å². The second kappa shape index (κ2) is 8.85. The molecule has 8 heteroatoms. The molecule has 0 aliphatic heterocycles. The van der Waals surface area contributed by atoms with E-state index in [0.717, 1.165) is 17.3 Å². The molecule has 1 amide bonds. The molecule has 0 atom stereocenters. The molecule has 0 aliphatic carbocycles. The Hall–Kier alpha value is -1.64. The molecule has 0 radical (unpaired) electrons. The first-order valence-corrected chi connectivity index (χ1v) is 8.73. The summed E-state index contributed by atoms with van der Waals surface area (Å²) in [4.78, 5) is 14.0. The third-order valence-corrected chi connectivity index (χ3v) is 5.06. The average Bonchev–Trinajstić information content (AvgIpc) is 2.51. The van der Waals surface area contributed by atoms with E-state index < -0.39 is 10.0 Å². The number of ether oxygens (including phenoxy) is 1. The molecule has 7 nitrogen and oxygen atoms in total. The summed E-state index contributed by atoms with van der Waals surface area (Å²) in [5, 5.41) is 2.72. The summed E-state index contributed by atoms with van der Waals surface area (Å²) in [7, 11) is 3.11. The number of methoxy groups -OCH3 is 1. The highest BCUT2D eigenvalue weighted by molar-refractivity contribution is 7.89. The topological polar surface area (TPSA) is 79.0 Å². The highest BCUT2D eigenvalue weighted by Gasteiger charge is 2.22. The minimum Gasteiger partial charge on any atom is -0.497 e. The third kappa shape index (κ3) is 6.17. The summed E-state index contributed by atoms with van der Waals surface area (Å²) in [6.45, 7) is 1.17. The summed E-state index contributed by atoms with van der Waals surface area (Å²) >= 11 is 0. The normalized spacial score (nSPS) is 11.7. The van der Waals surface area contributed by atoms with Gasteiger partial charge in [0, 0.05) is 13.6 Å². The van der Waals surface area contributed by atoms with Crippen LogP contribution in [0.2, 0.25) is 0 Å². The average molecular weight is 343 g/mol. The van der Waals surface area contributed by atoms with Gasteiger partial charge in [0.2, 0.25) is 15.9 Å². The van der Waals surface area contributed by atoms with Crippen molar-refractivity contribution in [3.05, 3.63) is 24.3 Å². The molecule has 1 aromatic carbocycles. The fourth-order valence-electron chi connectivity index (χ4n) is 1.89. The molecular weight excluding hydrogens is 318 g/mol. The maximum atomic E-state index is 12.4. The Morgan fingerprint density at radius 3 is 2.30 bits per heavy atom. The van der Waals surface area contributed by atoms with Crippen LogP contribution in [-0.2, 0) is 14.8 Å². The van der Waals surface area contributed by atoms with E-state index >= 15 is 0 Å². The van der Waals surface area contributed by atoms with Crippen LogP contribution >= 0.6 is 0 Å². The first-order chi connectivity index (χ1) is 10.8. The number of rotatable bonds is 9. The highest BCUT2D eigenvalue weighted by atomic mass is 32.2. The maximum absolute atomic E-state index is 12.4. The molecule has 0 spiro atoms. The fraction of sp³-hybridized carbons (Fsp3) is 0.533. The number of likely N-dealkylation sites (N-methyl/N-ethyl adjacent to an activating group) is 1. The summed E-state index contributed by atoms with van der Waals surface area (Å²) < 4.78 is 30.8. The number of sulfonamides is 1. The standard InChI is InChI=1S/C15H25N3O4S/c1-17(2)11-5-10-16-15(19)12-18(3)23(20,21)14-8-6-13(22-4)7-9-14/h6-9H,5,10-12H2,1-4H3,(H,16,19). The summed E-state index contributed by atoms with van der Waals surface area (Å²) in [6.07, 6.45) is 0.813. The van der Waals surface area contributed by atoms with E-state index in [4.69, 9.17) is 4.74 Å². The second-order valence-corrected chi connectivity index (χ2v) is 7.49. The Labute approximate surface area is 138 Å². The molecule has 23 heavy (non-hydrogen) atoms. The first kappa shape index (κ1) is 19.4. The van der Waals surface area contributed by atoms with Gasteiger partial charge in [-0.3, -0.25) is 4.79 Å². The molecule has 0 saturated carbocycles. The predicted molar refractivity (Wildman–Crippen MR) is 89.0 cm³/mol. The molecular formula is C15H25N3O4S. The number of amides is 1. The minimum atomic E-state index is -3.69. The number of hydrogen-bond donors (Lipinski definition) is 1. The molecule has 0 fully saturated rings. The van der Waals surface area contributed by atoms with Crippen molar-refractivity contribution in [2.75, 3.05) is 47.9 Å². The molecule has 1 rings (SSSR count). The first-order valence-electron chi connectivity index (χ1n) is 7.29. The van der Waals surface area contributed by atoms with Crippen LogP contribution in [0, 0.1) is 0 Å². The van der Waals surface area contributed by atoms with Crippen molar-refractivity contribution in [3.63, 3.8) is 0 Å². The van der Waals surface area contributed by atoms with Gasteiger partial charge in [0.05, 0.1) is 18.6 Å². The molecule has 1 aromatic rings. The van der Waals surface area contributed by atoms with E-state index in [-0.39, 0.29) is 17.3 Å². The van der Waals surface area contributed by atoms with Crippen LogP contribution in [0.1, 0.15) is 6.42 Å². The van der Waals surface area contributed by atoms with Crippen LogP contribution in [0.5, 0.6) is 5.75 Å². The van der Waals surface area contributed by atoms with Crippen molar-refractivity contribution in [3.8, 4) is 5.75 Å². The lowest BCUT2D eigenvalue weighted by Gasteiger charge is -2.17. The van der Waals surface area contributed by atoms with Crippen LogP contribution in [0.15, 0.2) is 29.2 Å². The smallest absolute Gasteiger partial charge is 0.243 e. The van der Waals surface area contributed by atoms with Crippen molar-refractivity contribution in [1.82, 2.24) is 14.5 Å². The summed E-state index contributed by atoms with van der Waals surface area (Å²) in [6, 6.07) is 6.06. The fourth-order valence-corrected chi connectivity index (χ4v) is 3.02. The van der Waals surface area contributed by atoms with Crippen LogP contribution in [0.3, 0.4) is 0 Å². The lowest BCUT2D eigenvalue weighted by Crippen LogP contribution is -2.39. The Balaban J connectivity index is 2.57. The van der Waals surface area contributed by atoms with Crippen LogP contribution < -0.4 is 10.1 Å². The highest BCUT2D eigenvalue weighted by Crippen LogP contribution is 2.18. The number of nitrogens with one attached hydrogen (secondary N) is 1. The largest absolute Gasteiger partial charge is 0.497 e. The van der Waals surface area contributed by atoms with E-state index in [9.17, 15) is 13.2 Å². The molecule has 130 valence electrons. The number of carbonyl (C=O) groups excluding carboxylic acids is 1. The van der Waals surface area contributed by atoms with Gasteiger partial charge in [-0.15, -0.1) is 0 Å². The van der Waals surface area contributed by atoms with Gasteiger partial charge in [0.25, 0.3) is 0 Å². The zero-order valence-corrected chi connectivity index (χ0v) is 14.9. The Morgan fingerprint density at radius 1 is 1.17 bits per heavy atom. The monoisotopic (exact) mass is 343 g/mol. The molecule has 1 N–H and O–H groups in total. The van der Waals surface area contributed by atoms with E-state index in [1.807, 2.05) is 19.0 Å². The molecule has 0 aliphatic rings. The molecule has 0 aromatic heterocycles. The van der Waals surface area contributed by atoms with Gasteiger partial charge < -0.3 is 15.0 Å². The Bertz CT molecular complexity index is 600. The van der Waals surface area contributed by atoms with Crippen molar-refractivity contribution >= 4 is 15.9 Å². The van der Waals surface area contributed by atoms with Gasteiger partial charge >= 0.3 is 0 Å². The zero-order chi connectivity index (χ0) is 17.5. The zero-order valence-electron chi connectivity index (χ0n) is 14.1. The summed E-state index contributed by atoms with van der Waals surface area (Å²) in [5.74, 6) is 0.258. The number of nitrogens with zero attached hydrogens (tertiary/aromatic N) is 2. The quantitative estimate of drug-likeness (QED) is 0.656. The van der Waals surface area contributed by atoms with Crippen molar-refractivity contribution in [2.24, 2.45) is 0 Å². The van der Waals surface area contributed by atoms with Gasteiger partial charge in [0.1, 0.15) is 5.75 Å². The molecule has 0 bridgehead atoms. The second-order valence-electron chi connectivity index (χ2n) is 5.44. The van der Waals surface area contributed by atoms with Crippen molar-refractivity contribution in [2.45, 2.75) is 11.3 Å². The lowest BCUT2D eigenvalue weighted by molar-refractivity contribution is -0.121. The van der Waals surface area contributed by atoms with Gasteiger partial charge in [0.15, 0.2) is 0 Å². The maximum Gasteiger partial charge on any atom is 0.243 e. The van der Waals surface area contributed by atoms with Crippen LogP contribution in [0.4, 0.5) is 0 Å². The Kier molecular flexibility index (Phi) is 7.47. The van der Waals surface area contributed by atoms with Gasteiger partial charge in [-0.25, -0.2) is 8.42 Å². The van der Waals surface area contributed by atoms with Gasteiger partial charge in [-0.2, -0.15) is 4.31 Å². The number of benzene rings is 1. The van der Waals surface area contributed by atoms with E-state index in [2.05, 4.69) is 5.32 Å². The SMILES string of the molecule is COc1ccc(S(=O)(=O)N(C)CC(=O)NCCCN(C)C)cc1.